The summed E-state index contributed by atoms with van der Waals surface area (Å²) < 4.78 is 44.2. The van der Waals surface area contributed by atoms with Crippen molar-refractivity contribution in [2.45, 2.75) is 12.8 Å². The van der Waals surface area contributed by atoms with Crippen LogP contribution in [0.15, 0.2) is 30.5 Å². The van der Waals surface area contributed by atoms with Gasteiger partial charge in [-0.2, -0.15) is 18.3 Å². The van der Waals surface area contributed by atoms with E-state index in [1.54, 1.807) is 7.05 Å². The molecule has 9 heteroatoms. The second-order valence-corrected chi connectivity index (χ2v) is 4.41. The number of nitrogens with zero attached hydrogens (tertiary/aromatic N) is 2. The maximum atomic E-state index is 12.5. The molecule has 0 aliphatic carbocycles. The molecule has 1 aromatic carbocycles. The highest BCUT2D eigenvalue weighted by Crippen LogP contribution is 2.30. The summed E-state index contributed by atoms with van der Waals surface area (Å²) >= 11 is 0. The number of ether oxygens (including phenoxy) is 1. The predicted molar refractivity (Wildman–Crippen MR) is 70.6 cm³/mol. The Morgan fingerprint density at radius 3 is 2.55 bits per heavy atom. The molecule has 0 saturated carbocycles. The molecule has 0 unspecified atom stereocenters. The van der Waals surface area contributed by atoms with Crippen LogP contribution in [-0.4, -0.2) is 15.7 Å². The lowest BCUT2D eigenvalue weighted by atomic mass is 10.2. The molecule has 22 heavy (non-hydrogen) atoms. The van der Waals surface area contributed by atoms with Crippen molar-refractivity contribution in [3.8, 4) is 5.75 Å². The average Bonchev–Trinajstić information content (AvgIpc) is 2.85. The number of hydrogen-bond donors (Lipinski definition) is 2. The predicted octanol–water partition coefficient (Wildman–Crippen LogP) is 1.62. The summed E-state index contributed by atoms with van der Waals surface area (Å²) in [6.45, 7) is -0.0371. The topological polar surface area (TPSA) is 82.2 Å². The van der Waals surface area contributed by atoms with Crippen LogP contribution in [0.4, 0.5) is 13.2 Å². The van der Waals surface area contributed by atoms with Crippen molar-refractivity contribution in [3.05, 3.63) is 47.3 Å². The Morgan fingerprint density at radius 1 is 1.36 bits per heavy atom. The standard InChI is InChI=1S/C13H13F3N4O2/c1-20-11(10(6-18-20)12(21)19-17)7-22-9-4-2-8(3-5-9)13(14,15)16/h2-6H,7,17H2,1H3,(H,19,21). The second kappa shape index (κ2) is 6.06. The maximum Gasteiger partial charge on any atom is 0.416 e. The van der Waals surface area contributed by atoms with Crippen molar-refractivity contribution in [3.63, 3.8) is 0 Å². The lowest BCUT2D eigenvalue weighted by Crippen LogP contribution is -2.30. The fraction of sp³-hybridized carbons (Fsp3) is 0.231. The van der Waals surface area contributed by atoms with E-state index in [9.17, 15) is 18.0 Å². The summed E-state index contributed by atoms with van der Waals surface area (Å²) in [6, 6.07) is 4.27. The van der Waals surface area contributed by atoms with E-state index in [0.717, 1.165) is 12.1 Å². The summed E-state index contributed by atoms with van der Waals surface area (Å²) in [5, 5.41) is 3.92. The van der Waals surface area contributed by atoms with Crippen molar-refractivity contribution < 1.29 is 22.7 Å². The molecule has 0 aliphatic heterocycles. The van der Waals surface area contributed by atoms with Gasteiger partial charge < -0.3 is 4.74 Å². The first-order valence-electron chi connectivity index (χ1n) is 6.15. The lowest BCUT2D eigenvalue weighted by Gasteiger charge is -2.10. The van der Waals surface area contributed by atoms with Crippen LogP contribution in [-0.2, 0) is 19.8 Å². The number of benzene rings is 1. The van der Waals surface area contributed by atoms with Crippen LogP contribution in [0.1, 0.15) is 21.6 Å². The molecule has 0 atom stereocenters. The summed E-state index contributed by atoms with van der Waals surface area (Å²) in [7, 11) is 1.61. The molecule has 0 spiro atoms. The van der Waals surface area contributed by atoms with E-state index in [0.29, 0.717) is 5.69 Å². The molecule has 0 aliphatic rings. The summed E-state index contributed by atoms with van der Waals surface area (Å²) in [6.07, 6.45) is -3.07. The second-order valence-electron chi connectivity index (χ2n) is 4.41. The minimum atomic E-state index is -4.40. The molecule has 0 bridgehead atoms. The number of aryl methyl sites for hydroxylation is 1. The van der Waals surface area contributed by atoms with Crippen LogP contribution < -0.4 is 16.0 Å². The van der Waals surface area contributed by atoms with Crippen LogP contribution in [0.2, 0.25) is 0 Å². The number of carbonyl (C=O) groups excluding carboxylic acids is 1. The van der Waals surface area contributed by atoms with Gasteiger partial charge in [0, 0.05) is 7.05 Å². The molecule has 6 nitrogen and oxygen atoms in total. The molecule has 2 rings (SSSR count). The van der Waals surface area contributed by atoms with Crippen LogP contribution in [0.25, 0.3) is 0 Å². The number of amides is 1. The molecule has 2 aromatic rings. The molecule has 118 valence electrons. The molecule has 0 radical (unpaired) electrons. The Hall–Kier alpha value is -2.55. The van der Waals surface area contributed by atoms with Gasteiger partial charge in [0.05, 0.1) is 23.0 Å². The highest BCUT2D eigenvalue weighted by molar-refractivity contribution is 5.94. The van der Waals surface area contributed by atoms with Crippen molar-refractivity contribution in [1.82, 2.24) is 15.2 Å². The Morgan fingerprint density at radius 2 is 2.00 bits per heavy atom. The zero-order valence-electron chi connectivity index (χ0n) is 11.5. The minimum Gasteiger partial charge on any atom is -0.487 e. The number of hydrogen-bond acceptors (Lipinski definition) is 4. The van der Waals surface area contributed by atoms with Gasteiger partial charge in [0.15, 0.2) is 0 Å². The minimum absolute atomic E-state index is 0.0371. The molecule has 0 saturated heterocycles. The van der Waals surface area contributed by atoms with Gasteiger partial charge in [0.2, 0.25) is 0 Å². The Kier molecular flexibility index (Phi) is 4.36. The van der Waals surface area contributed by atoms with E-state index >= 15 is 0 Å². The van der Waals surface area contributed by atoms with E-state index in [1.807, 2.05) is 5.43 Å². The first-order chi connectivity index (χ1) is 10.3. The number of carbonyl (C=O) groups is 1. The highest BCUT2D eigenvalue weighted by Gasteiger charge is 2.30. The van der Waals surface area contributed by atoms with Crippen LogP contribution >= 0.6 is 0 Å². The van der Waals surface area contributed by atoms with Crippen LogP contribution in [0, 0.1) is 0 Å². The van der Waals surface area contributed by atoms with Gasteiger partial charge in [0.1, 0.15) is 12.4 Å². The Balaban J connectivity index is 2.11. The summed E-state index contributed by atoms with van der Waals surface area (Å²) in [5.74, 6) is 4.78. The molecular weight excluding hydrogens is 301 g/mol. The largest absolute Gasteiger partial charge is 0.487 e. The summed E-state index contributed by atoms with van der Waals surface area (Å²) in [5.41, 5.74) is 1.90. The van der Waals surface area contributed by atoms with Crippen LogP contribution in [0.5, 0.6) is 5.75 Å². The van der Waals surface area contributed by atoms with Gasteiger partial charge in [-0.3, -0.25) is 14.9 Å². The number of halogens is 3. The third-order valence-electron chi connectivity index (χ3n) is 2.99. The van der Waals surface area contributed by atoms with Crippen molar-refractivity contribution in [1.29, 1.82) is 0 Å². The lowest BCUT2D eigenvalue weighted by molar-refractivity contribution is -0.137. The van der Waals surface area contributed by atoms with E-state index in [-0.39, 0.29) is 17.9 Å². The third kappa shape index (κ3) is 3.37. The fourth-order valence-corrected chi connectivity index (χ4v) is 1.79. The monoisotopic (exact) mass is 314 g/mol. The number of rotatable bonds is 4. The number of alkyl halides is 3. The quantitative estimate of drug-likeness (QED) is 0.510. The van der Waals surface area contributed by atoms with Gasteiger partial charge >= 0.3 is 6.18 Å². The molecular formula is C13H13F3N4O2. The van der Waals surface area contributed by atoms with Gasteiger partial charge in [-0.15, -0.1) is 0 Å². The normalized spacial score (nSPS) is 11.3. The smallest absolute Gasteiger partial charge is 0.416 e. The van der Waals surface area contributed by atoms with E-state index < -0.39 is 17.6 Å². The average molecular weight is 314 g/mol. The van der Waals surface area contributed by atoms with Crippen molar-refractivity contribution in [2.24, 2.45) is 12.9 Å². The SMILES string of the molecule is Cn1ncc(C(=O)NN)c1COc1ccc(C(F)(F)F)cc1. The number of hydrazine groups is 1. The molecule has 1 aromatic heterocycles. The van der Waals surface area contributed by atoms with Crippen molar-refractivity contribution in [2.75, 3.05) is 0 Å². The number of nitrogens with two attached hydrogens (primary N) is 1. The first-order valence-corrected chi connectivity index (χ1v) is 6.15. The molecule has 3 N–H and O–H groups in total. The highest BCUT2D eigenvalue weighted by atomic mass is 19.4. The molecule has 1 heterocycles. The molecule has 1 amide bonds. The Bertz CT molecular complexity index is 665. The number of aromatic nitrogens is 2. The van der Waals surface area contributed by atoms with Crippen molar-refractivity contribution >= 4 is 5.91 Å². The van der Waals surface area contributed by atoms with E-state index in [4.69, 9.17) is 10.6 Å². The van der Waals surface area contributed by atoms with E-state index in [2.05, 4.69) is 5.10 Å². The van der Waals surface area contributed by atoms with Crippen LogP contribution in [0.3, 0.4) is 0 Å². The Labute approximate surface area is 123 Å². The van der Waals surface area contributed by atoms with Gasteiger partial charge in [-0.05, 0) is 24.3 Å². The van der Waals surface area contributed by atoms with Gasteiger partial charge in [-0.1, -0.05) is 0 Å². The number of nitrogens with one attached hydrogen (secondary N) is 1. The number of nitrogen functional groups attached to an aromatic ring is 1. The zero-order chi connectivity index (χ0) is 16.3. The first kappa shape index (κ1) is 15.8. The van der Waals surface area contributed by atoms with Gasteiger partial charge in [-0.25, -0.2) is 5.84 Å². The third-order valence-corrected chi connectivity index (χ3v) is 2.99. The fourth-order valence-electron chi connectivity index (χ4n) is 1.79. The zero-order valence-corrected chi connectivity index (χ0v) is 11.5. The van der Waals surface area contributed by atoms with E-state index in [1.165, 1.54) is 23.0 Å². The summed E-state index contributed by atoms with van der Waals surface area (Å²) in [4.78, 5) is 11.5. The van der Waals surface area contributed by atoms with Gasteiger partial charge in [0.25, 0.3) is 5.91 Å². The molecule has 0 fully saturated rings. The maximum absolute atomic E-state index is 12.5.